The van der Waals surface area contributed by atoms with Crippen LogP contribution in [-0.2, 0) is 9.53 Å². The average Bonchev–Trinajstić information content (AvgIpc) is 2.51. The van der Waals surface area contributed by atoms with E-state index in [2.05, 4.69) is 0 Å². The van der Waals surface area contributed by atoms with Crippen molar-refractivity contribution in [3.63, 3.8) is 0 Å². The van der Waals surface area contributed by atoms with Crippen molar-refractivity contribution in [1.82, 2.24) is 0 Å². The molecule has 0 unspecified atom stereocenters. The smallest absolute Gasteiger partial charge is 0.342 e. The first-order valence-electron chi connectivity index (χ1n) is 8.19. The molecule has 3 atom stereocenters. The Balaban J connectivity index is 2.47. The molecule has 2 rings (SSSR count). The van der Waals surface area contributed by atoms with Gasteiger partial charge in [-0.2, -0.15) is 0 Å². The fraction of sp³-hybridized carbons (Fsp3) is 0.368. The molecule has 0 spiro atoms. The van der Waals surface area contributed by atoms with E-state index in [4.69, 9.17) is 4.74 Å². The molecule has 4 N–H and O–H groups in total. The Morgan fingerprint density at radius 1 is 1.15 bits per heavy atom. The van der Waals surface area contributed by atoms with Crippen LogP contribution in [0.15, 0.2) is 29.9 Å². The Hall–Kier alpha value is -2.64. The number of hydrogen-bond donors (Lipinski definition) is 4. The van der Waals surface area contributed by atoms with E-state index >= 15 is 0 Å². The van der Waals surface area contributed by atoms with E-state index in [1.807, 2.05) is 0 Å². The number of phenolic OH excluding ortho intramolecular Hbond substituents is 2. The monoisotopic (exact) mass is 362 g/mol. The van der Waals surface area contributed by atoms with Gasteiger partial charge >= 0.3 is 5.97 Å². The van der Waals surface area contributed by atoms with Crippen LogP contribution in [0.2, 0.25) is 0 Å². The highest BCUT2D eigenvalue weighted by Gasteiger charge is 2.24. The third kappa shape index (κ3) is 4.71. The van der Waals surface area contributed by atoms with Gasteiger partial charge in [-0.15, -0.1) is 0 Å². The van der Waals surface area contributed by atoms with Crippen molar-refractivity contribution in [2.75, 3.05) is 0 Å². The first-order valence-corrected chi connectivity index (χ1v) is 8.19. The van der Waals surface area contributed by atoms with Crippen molar-refractivity contribution in [2.24, 2.45) is 0 Å². The highest BCUT2D eigenvalue weighted by atomic mass is 16.5. The predicted molar refractivity (Wildman–Crippen MR) is 93.7 cm³/mol. The molecule has 1 heterocycles. The van der Waals surface area contributed by atoms with Gasteiger partial charge in [0, 0.05) is 12.5 Å². The summed E-state index contributed by atoms with van der Waals surface area (Å²) in [5.41, 5.74) is 0.650. The SMILES string of the molecule is C/C1=C/C(=O)[C@@H](O)[C@@H](O)C/C=C/c2cc(O)cc(O)c2C(=O)O[C@@H](C)C1. The molecule has 0 radical (unpaired) electrons. The van der Waals surface area contributed by atoms with Crippen molar-refractivity contribution in [1.29, 1.82) is 0 Å². The van der Waals surface area contributed by atoms with Crippen molar-refractivity contribution in [3.05, 3.63) is 41.0 Å². The number of aliphatic hydroxyl groups is 2. The molecule has 26 heavy (non-hydrogen) atoms. The minimum Gasteiger partial charge on any atom is -0.508 e. The molecule has 0 saturated heterocycles. The number of carbonyl (C=O) groups is 2. The molecule has 7 nitrogen and oxygen atoms in total. The van der Waals surface area contributed by atoms with Gasteiger partial charge in [0.1, 0.15) is 29.3 Å². The van der Waals surface area contributed by atoms with Gasteiger partial charge in [-0.05, 0) is 38.0 Å². The number of ether oxygens (including phenoxy) is 1. The van der Waals surface area contributed by atoms with E-state index in [9.17, 15) is 30.0 Å². The summed E-state index contributed by atoms with van der Waals surface area (Å²) in [5, 5.41) is 39.6. The molecule has 0 aromatic heterocycles. The van der Waals surface area contributed by atoms with Crippen molar-refractivity contribution >= 4 is 17.8 Å². The maximum Gasteiger partial charge on any atom is 0.342 e. The average molecular weight is 362 g/mol. The van der Waals surface area contributed by atoms with Crippen LogP contribution in [0.25, 0.3) is 6.08 Å². The number of rotatable bonds is 0. The Morgan fingerprint density at radius 2 is 1.85 bits per heavy atom. The maximum absolute atomic E-state index is 12.4. The second-order valence-electron chi connectivity index (χ2n) is 6.39. The minimum absolute atomic E-state index is 0.0684. The zero-order chi connectivity index (χ0) is 19.4. The molecule has 0 saturated carbocycles. The number of ketones is 1. The summed E-state index contributed by atoms with van der Waals surface area (Å²) < 4.78 is 5.32. The largest absolute Gasteiger partial charge is 0.508 e. The molecule has 1 aliphatic rings. The lowest BCUT2D eigenvalue weighted by atomic mass is 10.00. The molecule has 1 aliphatic heterocycles. The molecular formula is C19H22O7. The van der Waals surface area contributed by atoms with Gasteiger partial charge in [-0.3, -0.25) is 4.79 Å². The number of carbonyl (C=O) groups excluding carboxylic acids is 2. The van der Waals surface area contributed by atoms with Crippen LogP contribution in [0.4, 0.5) is 0 Å². The summed E-state index contributed by atoms with van der Waals surface area (Å²) in [7, 11) is 0. The molecule has 7 heteroatoms. The number of benzene rings is 1. The summed E-state index contributed by atoms with van der Waals surface area (Å²) in [5.74, 6) is -2.08. The fourth-order valence-corrected chi connectivity index (χ4v) is 2.76. The van der Waals surface area contributed by atoms with Crippen LogP contribution < -0.4 is 0 Å². The van der Waals surface area contributed by atoms with E-state index in [1.54, 1.807) is 13.8 Å². The van der Waals surface area contributed by atoms with Gasteiger partial charge in [-0.25, -0.2) is 4.79 Å². The van der Waals surface area contributed by atoms with Gasteiger partial charge in [0.2, 0.25) is 0 Å². The number of hydrogen-bond acceptors (Lipinski definition) is 7. The van der Waals surface area contributed by atoms with Crippen LogP contribution >= 0.6 is 0 Å². The highest BCUT2D eigenvalue weighted by Crippen LogP contribution is 2.30. The number of fused-ring (bicyclic) bond motifs is 1. The lowest BCUT2D eigenvalue weighted by Gasteiger charge is -2.18. The summed E-state index contributed by atoms with van der Waals surface area (Å²) in [6.45, 7) is 3.28. The lowest BCUT2D eigenvalue weighted by Crippen LogP contribution is -2.32. The normalized spacial score (nSPS) is 28.3. The summed E-state index contributed by atoms with van der Waals surface area (Å²) >= 11 is 0. The predicted octanol–water partition coefficient (Wildman–Crippen LogP) is 1.69. The molecule has 0 bridgehead atoms. The second-order valence-corrected chi connectivity index (χ2v) is 6.39. The first-order chi connectivity index (χ1) is 12.2. The van der Waals surface area contributed by atoms with E-state index in [-0.39, 0.29) is 29.7 Å². The fourth-order valence-electron chi connectivity index (χ4n) is 2.76. The first kappa shape index (κ1) is 19.7. The van der Waals surface area contributed by atoms with Crippen LogP contribution in [0, 0.1) is 0 Å². The Bertz CT molecular complexity index is 763. The van der Waals surface area contributed by atoms with Gasteiger partial charge in [0.05, 0.1) is 6.10 Å². The zero-order valence-corrected chi connectivity index (χ0v) is 14.5. The van der Waals surface area contributed by atoms with Crippen LogP contribution in [0.5, 0.6) is 11.5 Å². The molecule has 140 valence electrons. The Morgan fingerprint density at radius 3 is 2.54 bits per heavy atom. The molecular weight excluding hydrogens is 340 g/mol. The third-order valence-electron chi connectivity index (χ3n) is 3.97. The van der Waals surface area contributed by atoms with Crippen molar-refractivity contribution in [3.8, 4) is 11.5 Å². The standard InChI is InChI=1S/C19H22O7/c1-10-6-11(2)26-19(25)17-12(8-13(20)9-15(17)22)4-3-5-14(21)18(24)16(23)7-10/h3-4,7-9,11,14,18,20-22,24H,5-6H2,1-2H3/b4-3+,10-7-/t11-,14-,18-/m0/s1. The Labute approximate surface area is 150 Å². The van der Waals surface area contributed by atoms with Gasteiger partial charge < -0.3 is 25.2 Å². The summed E-state index contributed by atoms with van der Waals surface area (Å²) in [4.78, 5) is 24.4. The summed E-state index contributed by atoms with van der Waals surface area (Å²) in [6, 6.07) is 2.30. The molecule has 1 aromatic carbocycles. The number of phenols is 2. The van der Waals surface area contributed by atoms with Crippen molar-refractivity contribution in [2.45, 2.75) is 45.0 Å². The van der Waals surface area contributed by atoms with Crippen LogP contribution in [0.1, 0.15) is 42.6 Å². The van der Waals surface area contributed by atoms with E-state index in [0.717, 1.165) is 6.07 Å². The van der Waals surface area contributed by atoms with Crippen LogP contribution in [0.3, 0.4) is 0 Å². The second kappa shape index (κ2) is 8.16. The number of aromatic hydroxyl groups is 2. The topological polar surface area (TPSA) is 124 Å². The number of aliphatic hydroxyl groups excluding tert-OH is 2. The molecule has 0 fully saturated rings. The maximum atomic E-state index is 12.4. The minimum atomic E-state index is -1.58. The number of cyclic esters (lactones) is 1. The zero-order valence-electron chi connectivity index (χ0n) is 14.5. The highest BCUT2D eigenvalue weighted by molar-refractivity contribution is 5.97. The quantitative estimate of drug-likeness (QED) is 0.518. The third-order valence-corrected chi connectivity index (χ3v) is 3.97. The number of esters is 1. The van der Waals surface area contributed by atoms with Crippen LogP contribution in [-0.4, -0.2) is 50.5 Å². The van der Waals surface area contributed by atoms with E-state index < -0.39 is 35.8 Å². The summed E-state index contributed by atoms with van der Waals surface area (Å²) in [6.07, 6.45) is 0.715. The van der Waals surface area contributed by atoms with E-state index in [1.165, 1.54) is 24.3 Å². The Kier molecular flexibility index (Phi) is 6.18. The van der Waals surface area contributed by atoms with Gasteiger partial charge in [0.15, 0.2) is 5.78 Å². The molecule has 0 amide bonds. The van der Waals surface area contributed by atoms with Gasteiger partial charge in [0.25, 0.3) is 0 Å². The lowest BCUT2D eigenvalue weighted by molar-refractivity contribution is -0.127. The molecule has 0 aliphatic carbocycles. The van der Waals surface area contributed by atoms with Crippen molar-refractivity contribution < 1.29 is 34.8 Å². The van der Waals surface area contributed by atoms with Gasteiger partial charge in [-0.1, -0.05) is 17.7 Å². The molecule has 1 aromatic rings. The van der Waals surface area contributed by atoms with E-state index in [0.29, 0.717) is 5.57 Å².